The van der Waals surface area contributed by atoms with Gasteiger partial charge in [-0.2, -0.15) is 0 Å². The number of carbonyl (C=O) groups excluding carboxylic acids is 1. The number of likely N-dealkylation sites (N-methyl/N-ethyl adjacent to an activating group) is 1. The van der Waals surface area contributed by atoms with Crippen LogP contribution < -0.4 is 5.73 Å². The highest BCUT2D eigenvalue weighted by Gasteiger charge is 2.47. The van der Waals surface area contributed by atoms with Crippen LogP contribution in [-0.4, -0.2) is 61.1 Å². The topological polar surface area (TPSA) is 46.3 Å². The van der Waals surface area contributed by atoms with Crippen LogP contribution in [0.4, 0.5) is 0 Å². The van der Waals surface area contributed by atoms with Gasteiger partial charge in [0.25, 0.3) is 5.91 Å². The summed E-state index contributed by atoms with van der Waals surface area (Å²) in [6.45, 7) is 3.44. The monoisotopic (exact) mass is 226 g/mol. The van der Waals surface area contributed by atoms with Crippen LogP contribution in [0.3, 0.4) is 0 Å². The van der Waals surface area contributed by atoms with Gasteiger partial charge in [0.1, 0.15) is 0 Å². The number of quaternary nitrogens is 1. The highest BCUT2D eigenvalue weighted by molar-refractivity contribution is 5.78. The van der Waals surface area contributed by atoms with Gasteiger partial charge in [-0.05, 0) is 7.05 Å². The van der Waals surface area contributed by atoms with Crippen molar-refractivity contribution in [1.82, 2.24) is 4.90 Å². The molecule has 0 aromatic heterocycles. The molecule has 4 heteroatoms. The second kappa shape index (κ2) is 4.34. The lowest BCUT2D eigenvalue weighted by molar-refractivity contribution is -0.937. The van der Waals surface area contributed by atoms with Crippen molar-refractivity contribution in [1.29, 1.82) is 0 Å². The number of rotatable bonds is 2. The molecule has 16 heavy (non-hydrogen) atoms. The minimum atomic E-state index is -0.0982. The molecule has 2 heterocycles. The zero-order valence-electron chi connectivity index (χ0n) is 10.5. The standard InChI is InChI=1S/C12H23N3O/c1-14-7-5-10(6-8-14)15(2)9-3-4-11(15)12(13)16/h10-11H,3-9H2,1-2H3,(H-,13,16)/p+1/t11-,15?/m0/s1. The van der Waals surface area contributed by atoms with Crippen LogP contribution in [0, 0.1) is 0 Å². The van der Waals surface area contributed by atoms with Crippen LogP contribution in [-0.2, 0) is 4.79 Å². The van der Waals surface area contributed by atoms with E-state index in [2.05, 4.69) is 19.0 Å². The lowest BCUT2D eigenvalue weighted by atomic mass is 9.99. The van der Waals surface area contributed by atoms with E-state index < -0.39 is 0 Å². The molecule has 2 aliphatic rings. The number of nitrogens with two attached hydrogens (primary N) is 1. The highest BCUT2D eigenvalue weighted by Crippen LogP contribution is 2.32. The molecule has 1 amide bonds. The van der Waals surface area contributed by atoms with E-state index in [0.29, 0.717) is 6.04 Å². The second-order valence-corrected chi connectivity index (χ2v) is 5.67. The van der Waals surface area contributed by atoms with E-state index in [1.54, 1.807) is 0 Å². The molecule has 0 bridgehead atoms. The fourth-order valence-electron chi connectivity index (χ4n) is 3.53. The summed E-state index contributed by atoms with van der Waals surface area (Å²) in [6, 6.07) is 0.699. The van der Waals surface area contributed by atoms with E-state index >= 15 is 0 Å². The van der Waals surface area contributed by atoms with Crippen molar-refractivity contribution in [2.75, 3.05) is 33.7 Å². The number of carbonyl (C=O) groups is 1. The molecule has 2 fully saturated rings. The second-order valence-electron chi connectivity index (χ2n) is 5.67. The molecular weight excluding hydrogens is 202 g/mol. The molecule has 0 spiro atoms. The van der Waals surface area contributed by atoms with Crippen molar-refractivity contribution in [3.63, 3.8) is 0 Å². The average Bonchev–Trinajstić information content (AvgIpc) is 2.62. The fraction of sp³-hybridized carbons (Fsp3) is 0.917. The van der Waals surface area contributed by atoms with Gasteiger partial charge in [0, 0.05) is 38.8 Å². The van der Waals surface area contributed by atoms with Gasteiger partial charge < -0.3 is 15.1 Å². The lowest BCUT2D eigenvalue weighted by Gasteiger charge is -2.45. The summed E-state index contributed by atoms with van der Waals surface area (Å²) in [5, 5.41) is 0. The molecule has 92 valence electrons. The van der Waals surface area contributed by atoms with Crippen LogP contribution in [0.2, 0.25) is 0 Å². The predicted octanol–water partition coefficient (Wildman–Crippen LogP) is 0.175. The third kappa shape index (κ3) is 1.96. The van der Waals surface area contributed by atoms with Crippen LogP contribution in [0.15, 0.2) is 0 Å². The molecule has 0 aromatic carbocycles. The molecular formula is C12H24N3O+. The highest BCUT2D eigenvalue weighted by atomic mass is 16.1. The Labute approximate surface area is 98.0 Å². The zero-order valence-corrected chi connectivity index (χ0v) is 10.5. The zero-order chi connectivity index (χ0) is 11.8. The summed E-state index contributed by atoms with van der Waals surface area (Å²) in [7, 11) is 4.41. The van der Waals surface area contributed by atoms with Crippen molar-refractivity contribution in [3.05, 3.63) is 0 Å². The maximum atomic E-state index is 11.5. The summed E-state index contributed by atoms with van der Waals surface area (Å²) in [5.41, 5.74) is 5.54. The van der Waals surface area contributed by atoms with Gasteiger partial charge in [0.15, 0.2) is 6.04 Å². The minimum absolute atomic E-state index is 0.0633. The molecule has 0 aliphatic carbocycles. The summed E-state index contributed by atoms with van der Waals surface area (Å²) in [4.78, 5) is 13.9. The minimum Gasteiger partial charge on any atom is -0.365 e. The molecule has 2 rings (SSSR count). The molecule has 2 saturated heterocycles. The lowest BCUT2D eigenvalue weighted by Crippen LogP contribution is -2.61. The first-order chi connectivity index (χ1) is 7.54. The molecule has 2 atom stereocenters. The van der Waals surface area contributed by atoms with Gasteiger partial charge in [-0.15, -0.1) is 0 Å². The quantitative estimate of drug-likeness (QED) is 0.683. The average molecular weight is 226 g/mol. The number of likely N-dealkylation sites (tertiary alicyclic amines) is 2. The van der Waals surface area contributed by atoms with E-state index in [1.807, 2.05) is 0 Å². The predicted molar refractivity (Wildman–Crippen MR) is 63.8 cm³/mol. The van der Waals surface area contributed by atoms with E-state index in [-0.39, 0.29) is 11.9 Å². The molecule has 0 aromatic rings. The largest absolute Gasteiger partial charge is 0.365 e. The normalized spacial score (nSPS) is 37.8. The summed E-state index contributed by atoms with van der Waals surface area (Å²) >= 11 is 0. The van der Waals surface area contributed by atoms with Gasteiger partial charge in [0.2, 0.25) is 0 Å². The van der Waals surface area contributed by atoms with Crippen LogP contribution in [0.5, 0.6) is 0 Å². The maximum Gasteiger partial charge on any atom is 0.275 e. The summed E-state index contributed by atoms with van der Waals surface area (Å²) in [5.74, 6) is -0.0982. The van der Waals surface area contributed by atoms with Crippen LogP contribution >= 0.6 is 0 Å². The Morgan fingerprint density at radius 1 is 1.31 bits per heavy atom. The van der Waals surface area contributed by atoms with Crippen molar-refractivity contribution in [2.45, 2.75) is 37.8 Å². The molecule has 1 unspecified atom stereocenters. The van der Waals surface area contributed by atoms with Gasteiger partial charge in [-0.1, -0.05) is 0 Å². The van der Waals surface area contributed by atoms with E-state index in [1.165, 1.54) is 12.8 Å². The Morgan fingerprint density at radius 2 is 1.94 bits per heavy atom. The van der Waals surface area contributed by atoms with Gasteiger partial charge in [0.05, 0.1) is 19.6 Å². The molecule has 0 saturated carbocycles. The van der Waals surface area contributed by atoms with Crippen LogP contribution in [0.1, 0.15) is 25.7 Å². The number of piperidine rings is 1. The molecule has 2 N–H and O–H groups in total. The summed E-state index contributed by atoms with van der Waals surface area (Å²) < 4.78 is 0.906. The smallest absolute Gasteiger partial charge is 0.275 e. The Bertz CT molecular complexity index is 273. The first-order valence-corrected chi connectivity index (χ1v) is 6.37. The maximum absolute atomic E-state index is 11.5. The Kier molecular flexibility index (Phi) is 3.22. The number of amides is 1. The number of hydrogen-bond donors (Lipinski definition) is 1. The fourth-order valence-corrected chi connectivity index (χ4v) is 3.53. The third-order valence-electron chi connectivity index (χ3n) is 4.68. The van der Waals surface area contributed by atoms with Crippen molar-refractivity contribution in [3.8, 4) is 0 Å². The Morgan fingerprint density at radius 3 is 2.50 bits per heavy atom. The number of nitrogens with zero attached hydrogens (tertiary/aromatic N) is 2. The van der Waals surface area contributed by atoms with E-state index in [4.69, 9.17) is 5.73 Å². The van der Waals surface area contributed by atoms with Crippen molar-refractivity contribution < 1.29 is 9.28 Å². The molecule has 0 radical (unpaired) electrons. The van der Waals surface area contributed by atoms with Gasteiger partial charge in [-0.25, -0.2) is 0 Å². The third-order valence-corrected chi connectivity index (χ3v) is 4.68. The van der Waals surface area contributed by atoms with Gasteiger partial charge in [-0.3, -0.25) is 4.79 Å². The first-order valence-electron chi connectivity index (χ1n) is 6.37. The first kappa shape index (κ1) is 11.9. The van der Waals surface area contributed by atoms with Gasteiger partial charge >= 0.3 is 0 Å². The Hall–Kier alpha value is -0.610. The number of hydrogen-bond acceptors (Lipinski definition) is 2. The van der Waals surface area contributed by atoms with Crippen molar-refractivity contribution >= 4 is 5.91 Å². The molecule has 2 aliphatic heterocycles. The SMILES string of the molecule is CN1CCC([N+]2(C)CCC[C@H]2C(N)=O)CC1. The van der Waals surface area contributed by atoms with E-state index in [9.17, 15) is 4.79 Å². The summed E-state index contributed by atoms with van der Waals surface area (Å²) in [6.07, 6.45) is 4.54. The Balaban J connectivity index is 2.08. The van der Waals surface area contributed by atoms with E-state index in [0.717, 1.165) is 37.0 Å². The van der Waals surface area contributed by atoms with Crippen LogP contribution in [0.25, 0.3) is 0 Å². The van der Waals surface area contributed by atoms with Crippen molar-refractivity contribution in [2.24, 2.45) is 5.73 Å². The number of primary amides is 1. The molecule has 4 nitrogen and oxygen atoms in total.